The Morgan fingerprint density at radius 3 is 1.33 bits per heavy atom. The summed E-state index contributed by atoms with van der Waals surface area (Å²) < 4.78 is 23.6. The van der Waals surface area contributed by atoms with E-state index < -0.39 is 20.0 Å². The van der Waals surface area contributed by atoms with Gasteiger partial charge in [0.1, 0.15) is 13.2 Å². The normalized spacial score (nSPS) is 15.1. The van der Waals surface area contributed by atoms with Crippen molar-refractivity contribution in [1.82, 2.24) is 5.32 Å². The highest BCUT2D eigenvalue weighted by atomic mass is 31.2. The average molecular weight is 978 g/mol. The summed E-state index contributed by atoms with van der Waals surface area (Å²) in [6.07, 6.45) is 75.4. The van der Waals surface area contributed by atoms with Gasteiger partial charge in [0, 0.05) is 6.42 Å². The van der Waals surface area contributed by atoms with Gasteiger partial charge in [-0.2, -0.15) is 0 Å². The molecular formula is C60H102N2O6P+. The van der Waals surface area contributed by atoms with Crippen molar-refractivity contribution >= 4 is 13.7 Å². The fourth-order valence-electron chi connectivity index (χ4n) is 6.85. The lowest BCUT2D eigenvalue weighted by Gasteiger charge is -2.25. The molecule has 69 heavy (non-hydrogen) atoms. The van der Waals surface area contributed by atoms with Crippen molar-refractivity contribution in [3.05, 3.63) is 134 Å². The third-order valence-corrected chi connectivity index (χ3v) is 12.1. The molecule has 1 amide bonds. The number of amides is 1. The maximum absolute atomic E-state index is 12.9. The van der Waals surface area contributed by atoms with E-state index in [1.54, 1.807) is 6.08 Å². The predicted molar refractivity (Wildman–Crippen MR) is 299 cm³/mol. The first kappa shape index (κ1) is 65.6. The number of nitrogens with zero attached hydrogens (tertiary/aromatic N) is 1. The molecule has 0 aromatic carbocycles. The maximum Gasteiger partial charge on any atom is 0.472 e. The van der Waals surface area contributed by atoms with E-state index in [1.807, 2.05) is 27.2 Å². The molecule has 0 spiro atoms. The number of hydrogen-bond acceptors (Lipinski definition) is 5. The molecule has 392 valence electrons. The number of aliphatic hydroxyl groups excluding tert-OH is 1. The molecule has 0 aliphatic rings. The van der Waals surface area contributed by atoms with Gasteiger partial charge < -0.3 is 19.8 Å². The quantitative estimate of drug-likeness (QED) is 0.0243. The van der Waals surface area contributed by atoms with Crippen molar-refractivity contribution in [2.45, 2.75) is 199 Å². The van der Waals surface area contributed by atoms with Crippen molar-refractivity contribution in [1.29, 1.82) is 0 Å². The Hall–Kier alpha value is -3.36. The van der Waals surface area contributed by atoms with Crippen molar-refractivity contribution in [2.24, 2.45) is 0 Å². The second kappa shape index (κ2) is 49.6. The van der Waals surface area contributed by atoms with Crippen LogP contribution in [0, 0.1) is 0 Å². The number of phosphoric ester groups is 1. The molecule has 3 N–H and O–H groups in total. The Morgan fingerprint density at radius 2 is 0.884 bits per heavy atom. The molecule has 0 saturated heterocycles. The Bertz CT molecular complexity index is 1580. The van der Waals surface area contributed by atoms with Gasteiger partial charge in [-0.05, 0) is 109 Å². The molecule has 0 rings (SSSR count). The second-order valence-corrected chi connectivity index (χ2v) is 20.3. The van der Waals surface area contributed by atoms with Crippen LogP contribution in [0.5, 0.6) is 0 Å². The van der Waals surface area contributed by atoms with Crippen LogP contribution in [-0.2, 0) is 18.4 Å². The molecule has 0 aliphatic carbocycles. The number of likely N-dealkylation sites (N-methyl/N-ethyl adjacent to an activating group) is 1. The predicted octanol–water partition coefficient (Wildman–Crippen LogP) is 16.4. The summed E-state index contributed by atoms with van der Waals surface area (Å²) in [7, 11) is 1.50. The zero-order valence-electron chi connectivity index (χ0n) is 44.5. The maximum atomic E-state index is 12.9. The van der Waals surface area contributed by atoms with Crippen LogP contribution >= 0.6 is 7.82 Å². The average Bonchev–Trinajstić information content (AvgIpc) is 3.31. The summed E-state index contributed by atoms with van der Waals surface area (Å²) in [5, 5.41) is 13.9. The molecule has 8 nitrogen and oxygen atoms in total. The highest BCUT2D eigenvalue weighted by Crippen LogP contribution is 2.43. The third kappa shape index (κ3) is 52.3. The molecule has 3 atom stereocenters. The number of phosphoric acid groups is 1. The zero-order chi connectivity index (χ0) is 50.6. The smallest absolute Gasteiger partial charge is 0.387 e. The number of allylic oxidation sites excluding steroid dienone is 21. The minimum Gasteiger partial charge on any atom is -0.387 e. The lowest BCUT2D eigenvalue weighted by Crippen LogP contribution is -2.45. The van der Waals surface area contributed by atoms with Crippen LogP contribution in [0.3, 0.4) is 0 Å². The number of carbonyl (C=O) groups excluding carboxylic acids is 1. The number of aliphatic hydroxyl groups is 1. The van der Waals surface area contributed by atoms with Gasteiger partial charge in [-0.1, -0.05) is 205 Å². The summed E-state index contributed by atoms with van der Waals surface area (Å²) in [5.41, 5.74) is 0. The molecule has 3 unspecified atom stereocenters. The largest absolute Gasteiger partial charge is 0.472 e. The van der Waals surface area contributed by atoms with E-state index in [2.05, 4.69) is 141 Å². The van der Waals surface area contributed by atoms with Crippen LogP contribution < -0.4 is 5.32 Å². The van der Waals surface area contributed by atoms with Crippen LogP contribution in [0.15, 0.2) is 134 Å². The van der Waals surface area contributed by atoms with Crippen molar-refractivity contribution in [2.75, 3.05) is 40.9 Å². The Balaban J connectivity index is 4.42. The van der Waals surface area contributed by atoms with Crippen LogP contribution in [0.25, 0.3) is 0 Å². The fourth-order valence-corrected chi connectivity index (χ4v) is 7.59. The fraction of sp³-hybridized carbons (Fsp3) is 0.617. The van der Waals surface area contributed by atoms with E-state index in [0.29, 0.717) is 17.4 Å². The molecule has 9 heteroatoms. The number of rotatable bonds is 47. The van der Waals surface area contributed by atoms with E-state index in [0.717, 1.165) is 109 Å². The number of hydrogen-bond donors (Lipinski definition) is 3. The van der Waals surface area contributed by atoms with Gasteiger partial charge >= 0.3 is 7.82 Å². The highest BCUT2D eigenvalue weighted by Gasteiger charge is 2.27. The first-order valence-electron chi connectivity index (χ1n) is 27.1. The van der Waals surface area contributed by atoms with Crippen LogP contribution in [0.1, 0.15) is 187 Å². The van der Waals surface area contributed by atoms with E-state index >= 15 is 0 Å². The van der Waals surface area contributed by atoms with E-state index in [-0.39, 0.29) is 19.1 Å². The van der Waals surface area contributed by atoms with E-state index in [4.69, 9.17) is 9.05 Å². The van der Waals surface area contributed by atoms with Gasteiger partial charge in [0.15, 0.2) is 0 Å². The first-order valence-corrected chi connectivity index (χ1v) is 28.6. The van der Waals surface area contributed by atoms with Gasteiger partial charge in [0.2, 0.25) is 5.91 Å². The third-order valence-electron chi connectivity index (χ3n) is 11.1. The summed E-state index contributed by atoms with van der Waals surface area (Å²) in [6.45, 7) is 4.62. The number of carbonyl (C=O) groups is 1. The molecule has 0 heterocycles. The van der Waals surface area contributed by atoms with E-state index in [1.165, 1.54) is 57.8 Å². The molecule has 0 saturated carbocycles. The highest BCUT2D eigenvalue weighted by molar-refractivity contribution is 7.47. The zero-order valence-corrected chi connectivity index (χ0v) is 45.4. The summed E-state index contributed by atoms with van der Waals surface area (Å²) in [5.74, 6) is -0.222. The van der Waals surface area contributed by atoms with Crippen LogP contribution in [0.2, 0.25) is 0 Å². The minimum atomic E-state index is -4.37. The molecule has 0 aliphatic heterocycles. The SMILES string of the molecule is CC/C=C\C/C=C\C/C=C\C/C=C\C/C=C\C/C=C\C/C=C\C/C=C\CCCCCCC(=O)NC(COP(=O)(O)OCC[N+](C)(C)C)C(O)/C=C/CC/C=C/CC/C=C/CCCCCCCCCC. The topological polar surface area (TPSA) is 105 Å². The van der Waals surface area contributed by atoms with Gasteiger partial charge in [0.05, 0.1) is 39.9 Å². The minimum absolute atomic E-state index is 0.0401. The van der Waals surface area contributed by atoms with E-state index in [9.17, 15) is 19.4 Å². The molecule has 0 fully saturated rings. The lowest BCUT2D eigenvalue weighted by molar-refractivity contribution is -0.870. The summed E-state index contributed by atoms with van der Waals surface area (Å²) in [4.78, 5) is 23.2. The number of unbranched alkanes of at least 4 members (excludes halogenated alkanes) is 14. The monoisotopic (exact) mass is 978 g/mol. The van der Waals surface area contributed by atoms with Crippen LogP contribution in [0.4, 0.5) is 0 Å². The Labute approximate surface area is 424 Å². The Kier molecular flexibility index (Phi) is 47.2. The van der Waals surface area contributed by atoms with Gasteiger partial charge in [-0.3, -0.25) is 13.8 Å². The lowest BCUT2D eigenvalue weighted by atomic mass is 10.1. The van der Waals surface area contributed by atoms with Crippen LogP contribution in [-0.4, -0.2) is 73.4 Å². The molecule has 0 aromatic rings. The number of quaternary nitrogens is 1. The standard InChI is InChI=1S/C60H101N2O6P/c1-6-8-10-12-14-16-18-20-22-24-26-27-28-29-30-31-32-33-34-35-36-38-40-42-44-46-48-50-52-54-60(64)61-58(57-68-69(65,66)67-56-55-62(3,4)5)59(63)53-51-49-47-45-43-41-39-37-25-23-21-19-17-15-13-11-9-7-2/h8,10,14,16,20,22,25-27,29-30,32-33,35-37,40,42-43,45,51,53,58-59,63H,6-7,9,11-13,15,17-19,21,23-24,28,31,34,38-39,41,44,46-50,52,54-57H2,1-5H3,(H-,61,64,65,66)/p+1/b10-8-,16-14-,22-20-,27-26-,30-29-,33-32-,36-35-,37-25+,42-40-,45-43+,53-51+. The van der Waals surface area contributed by atoms with Gasteiger partial charge in [-0.15, -0.1) is 0 Å². The first-order chi connectivity index (χ1) is 33.5. The van der Waals surface area contributed by atoms with Crippen molar-refractivity contribution < 1.29 is 32.9 Å². The van der Waals surface area contributed by atoms with Gasteiger partial charge in [0.25, 0.3) is 0 Å². The molecular weight excluding hydrogens is 876 g/mol. The Morgan fingerprint density at radius 1 is 0.507 bits per heavy atom. The summed E-state index contributed by atoms with van der Waals surface area (Å²) >= 11 is 0. The molecule has 0 radical (unpaired) electrons. The second-order valence-electron chi connectivity index (χ2n) is 18.8. The van der Waals surface area contributed by atoms with Crippen molar-refractivity contribution in [3.8, 4) is 0 Å². The number of nitrogens with one attached hydrogen (secondary N) is 1. The molecule has 0 bridgehead atoms. The molecule has 0 aromatic heterocycles. The van der Waals surface area contributed by atoms with Gasteiger partial charge in [-0.25, -0.2) is 4.57 Å². The van der Waals surface area contributed by atoms with Crippen molar-refractivity contribution in [3.63, 3.8) is 0 Å². The summed E-state index contributed by atoms with van der Waals surface area (Å²) in [6, 6.07) is -0.894.